The minimum Gasteiger partial charge on any atom is -0.481 e. The average Bonchev–Trinajstić information content (AvgIpc) is 2.28. The molecule has 2 rings (SSSR count). The molecule has 3 nitrogen and oxygen atoms in total. The van der Waals surface area contributed by atoms with Crippen molar-refractivity contribution in [2.75, 3.05) is 6.61 Å². The lowest BCUT2D eigenvalue weighted by molar-refractivity contribution is -0.139. The Morgan fingerprint density at radius 1 is 1.35 bits per heavy atom. The number of carboxylic acid groups (broad SMARTS) is 1. The third kappa shape index (κ3) is 2.50. The van der Waals surface area contributed by atoms with Crippen LogP contribution in [0, 0.1) is 5.92 Å². The van der Waals surface area contributed by atoms with Crippen LogP contribution in [0.2, 0.25) is 0 Å². The molecule has 1 aliphatic rings. The van der Waals surface area contributed by atoms with Gasteiger partial charge in [-0.3, -0.25) is 4.79 Å². The van der Waals surface area contributed by atoms with Crippen molar-refractivity contribution < 1.29 is 14.6 Å². The second-order valence-electron chi connectivity index (χ2n) is 4.89. The van der Waals surface area contributed by atoms with Gasteiger partial charge in [0.05, 0.1) is 19.1 Å². The highest BCUT2D eigenvalue weighted by Gasteiger charge is 2.24. The maximum atomic E-state index is 11.3. The van der Waals surface area contributed by atoms with Gasteiger partial charge < -0.3 is 9.84 Å². The summed E-state index contributed by atoms with van der Waals surface area (Å²) < 4.78 is 5.37. The summed E-state index contributed by atoms with van der Waals surface area (Å²) in [5, 5.41) is 9.28. The zero-order valence-corrected chi connectivity index (χ0v) is 10.3. The van der Waals surface area contributed by atoms with Crippen molar-refractivity contribution in [2.24, 2.45) is 5.92 Å². The van der Waals surface area contributed by atoms with Crippen LogP contribution in [0.5, 0.6) is 0 Å². The van der Waals surface area contributed by atoms with Gasteiger partial charge in [-0.2, -0.15) is 0 Å². The lowest BCUT2D eigenvalue weighted by Gasteiger charge is -2.21. The summed E-state index contributed by atoms with van der Waals surface area (Å²) in [6.45, 7) is 5.27. The van der Waals surface area contributed by atoms with Gasteiger partial charge >= 0.3 is 5.97 Å². The summed E-state index contributed by atoms with van der Waals surface area (Å²) in [6, 6.07) is 5.96. The van der Waals surface area contributed by atoms with E-state index in [0.717, 1.165) is 18.6 Å². The smallest absolute Gasteiger partial charge is 0.311 e. The number of aliphatic carboxylic acids is 1. The zero-order valence-electron chi connectivity index (χ0n) is 10.3. The molecular weight excluding hydrogens is 216 g/mol. The van der Waals surface area contributed by atoms with Crippen LogP contribution < -0.4 is 0 Å². The molecule has 92 valence electrons. The van der Waals surface area contributed by atoms with Crippen LogP contribution in [0.3, 0.4) is 0 Å². The van der Waals surface area contributed by atoms with Crippen molar-refractivity contribution in [3.05, 3.63) is 34.9 Å². The van der Waals surface area contributed by atoms with Crippen LogP contribution in [0.1, 0.15) is 36.5 Å². The fraction of sp³-hybridized carbons (Fsp3) is 0.500. The number of hydrogen-bond donors (Lipinski definition) is 1. The summed E-state index contributed by atoms with van der Waals surface area (Å²) in [6.07, 6.45) is 0.883. The van der Waals surface area contributed by atoms with Gasteiger partial charge in [0.25, 0.3) is 0 Å². The Morgan fingerprint density at radius 2 is 2.12 bits per heavy atom. The zero-order chi connectivity index (χ0) is 12.4. The molecule has 1 atom stereocenters. The fourth-order valence-corrected chi connectivity index (χ4v) is 2.39. The summed E-state index contributed by atoms with van der Waals surface area (Å²) in [7, 11) is 0. The van der Waals surface area contributed by atoms with Gasteiger partial charge in [-0.15, -0.1) is 0 Å². The number of benzene rings is 1. The molecule has 0 bridgehead atoms. The highest BCUT2D eigenvalue weighted by molar-refractivity contribution is 5.76. The van der Waals surface area contributed by atoms with Crippen molar-refractivity contribution in [1.29, 1.82) is 0 Å². The second-order valence-corrected chi connectivity index (χ2v) is 4.89. The molecule has 1 aromatic rings. The first-order chi connectivity index (χ1) is 8.09. The van der Waals surface area contributed by atoms with Gasteiger partial charge in [0.2, 0.25) is 0 Å². The fourth-order valence-electron chi connectivity index (χ4n) is 2.39. The molecule has 1 aromatic carbocycles. The summed E-state index contributed by atoms with van der Waals surface area (Å²) in [5.41, 5.74) is 3.33. The molecule has 0 spiro atoms. The lowest BCUT2D eigenvalue weighted by Crippen LogP contribution is -2.19. The van der Waals surface area contributed by atoms with Crippen LogP contribution in [-0.2, 0) is 22.6 Å². The normalized spacial score (nSPS) is 16.6. The van der Waals surface area contributed by atoms with Crippen molar-refractivity contribution in [3.63, 3.8) is 0 Å². The Labute approximate surface area is 101 Å². The van der Waals surface area contributed by atoms with Crippen LogP contribution in [0.15, 0.2) is 18.2 Å². The molecule has 0 aromatic heterocycles. The number of carbonyl (C=O) groups is 1. The monoisotopic (exact) mass is 234 g/mol. The summed E-state index contributed by atoms with van der Waals surface area (Å²) in [4.78, 5) is 11.3. The van der Waals surface area contributed by atoms with E-state index >= 15 is 0 Å². The molecular formula is C14H18O3. The Kier molecular flexibility index (Phi) is 3.48. The van der Waals surface area contributed by atoms with Gasteiger partial charge in [-0.05, 0) is 29.0 Å². The molecule has 17 heavy (non-hydrogen) atoms. The Morgan fingerprint density at radius 3 is 2.76 bits per heavy atom. The molecule has 0 saturated heterocycles. The molecule has 0 aliphatic carbocycles. The second kappa shape index (κ2) is 4.88. The predicted molar refractivity (Wildman–Crippen MR) is 65.0 cm³/mol. The summed E-state index contributed by atoms with van der Waals surface area (Å²) in [5.74, 6) is -1.06. The van der Waals surface area contributed by atoms with E-state index in [1.165, 1.54) is 11.1 Å². The van der Waals surface area contributed by atoms with Gasteiger partial charge in [-0.25, -0.2) is 0 Å². The maximum Gasteiger partial charge on any atom is 0.311 e. The van der Waals surface area contributed by atoms with Gasteiger partial charge in [0, 0.05) is 0 Å². The van der Waals surface area contributed by atoms with E-state index in [9.17, 15) is 9.90 Å². The minimum atomic E-state index is -0.744. The highest BCUT2D eigenvalue weighted by Crippen LogP contribution is 2.28. The molecule has 1 unspecified atom stereocenters. The third-order valence-corrected chi connectivity index (χ3v) is 3.30. The van der Waals surface area contributed by atoms with Gasteiger partial charge in [-0.1, -0.05) is 32.0 Å². The Hall–Kier alpha value is -1.35. The molecule has 0 radical (unpaired) electrons. The third-order valence-electron chi connectivity index (χ3n) is 3.30. The van der Waals surface area contributed by atoms with Crippen LogP contribution in [0.4, 0.5) is 0 Å². The summed E-state index contributed by atoms with van der Waals surface area (Å²) >= 11 is 0. The van der Waals surface area contributed by atoms with E-state index in [1.54, 1.807) is 0 Å². The quantitative estimate of drug-likeness (QED) is 0.874. The molecule has 3 heteroatoms. The number of fused-ring (bicyclic) bond motifs is 1. The number of rotatable bonds is 3. The first kappa shape index (κ1) is 12.1. The first-order valence-corrected chi connectivity index (χ1v) is 6.02. The van der Waals surface area contributed by atoms with Crippen LogP contribution in [0.25, 0.3) is 0 Å². The van der Waals surface area contributed by atoms with Gasteiger partial charge in [0.15, 0.2) is 0 Å². The number of carboxylic acids is 1. The molecule has 0 saturated carbocycles. The predicted octanol–water partition coefficient (Wildman–Crippen LogP) is 2.58. The van der Waals surface area contributed by atoms with Crippen LogP contribution >= 0.6 is 0 Å². The minimum absolute atomic E-state index is 0.102. The van der Waals surface area contributed by atoms with E-state index in [0.29, 0.717) is 6.61 Å². The van der Waals surface area contributed by atoms with Crippen molar-refractivity contribution in [2.45, 2.75) is 32.8 Å². The standard InChI is InChI=1S/C14H18O3/c1-9(2)13(14(15)16)11-3-4-12-8-17-6-5-10(12)7-11/h3-4,7,9,13H,5-6,8H2,1-2H3,(H,15,16). The van der Waals surface area contributed by atoms with E-state index < -0.39 is 11.9 Å². The number of hydrogen-bond acceptors (Lipinski definition) is 2. The van der Waals surface area contributed by atoms with Gasteiger partial charge in [0.1, 0.15) is 0 Å². The van der Waals surface area contributed by atoms with Crippen molar-refractivity contribution >= 4 is 5.97 Å². The Balaban J connectivity index is 2.35. The van der Waals surface area contributed by atoms with E-state index in [2.05, 4.69) is 0 Å². The molecule has 0 fully saturated rings. The lowest BCUT2D eigenvalue weighted by atomic mass is 9.86. The molecule has 1 aliphatic heterocycles. The molecule has 1 heterocycles. The van der Waals surface area contributed by atoms with E-state index in [1.807, 2.05) is 32.0 Å². The maximum absolute atomic E-state index is 11.3. The van der Waals surface area contributed by atoms with Crippen molar-refractivity contribution in [1.82, 2.24) is 0 Å². The highest BCUT2D eigenvalue weighted by atomic mass is 16.5. The first-order valence-electron chi connectivity index (χ1n) is 6.02. The molecule has 1 N–H and O–H groups in total. The largest absolute Gasteiger partial charge is 0.481 e. The van der Waals surface area contributed by atoms with Crippen LogP contribution in [-0.4, -0.2) is 17.7 Å². The molecule has 0 amide bonds. The van der Waals surface area contributed by atoms with Crippen molar-refractivity contribution in [3.8, 4) is 0 Å². The van der Waals surface area contributed by atoms with E-state index in [4.69, 9.17) is 4.74 Å². The average molecular weight is 234 g/mol. The number of ether oxygens (including phenoxy) is 1. The van der Waals surface area contributed by atoms with E-state index in [-0.39, 0.29) is 5.92 Å². The Bertz CT molecular complexity index is 423. The topological polar surface area (TPSA) is 46.5 Å². The SMILES string of the molecule is CC(C)C(C(=O)O)c1ccc2c(c1)CCOC2.